The molecule has 0 radical (unpaired) electrons. The SMILES string of the molecule is COc1cc(-c2nc(S(C)(=O)=O)nc3c2CN(Cc2ccccc2OC)C3=O)c(Cl)cc1Cl. The minimum atomic E-state index is -3.82. The van der Waals surface area contributed by atoms with Crippen molar-refractivity contribution in [2.75, 3.05) is 20.5 Å². The second-order valence-corrected chi connectivity index (χ2v) is 10.1. The molecule has 8 nitrogen and oxygen atoms in total. The number of aromatic nitrogens is 2. The molecule has 0 unspecified atom stereocenters. The summed E-state index contributed by atoms with van der Waals surface area (Å²) in [7, 11) is -0.814. The molecule has 1 aliphatic heterocycles. The van der Waals surface area contributed by atoms with Gasteiger partial charge in [0.25, 0.3) is 5.91 Å². The first-order valence-electron chi connectivity index (χ1n) is 9.69. The smallest absolute Gasteiger partial charge is 0.273 e. The first-order chi connectivity index (χ1) is 15.6. The van der Waals surface area contributed by atoms with E-state index in [-0.39, 0.29) is 34.5 Å². The number of carbonyl (C=O) groups is 1. The molecule has 11 heteroatoms. The van der Waals surface area contributed by atoms with Crippen LogP contribution in [0.5, 0.6) is 11.5 Å². The molecular formula is C22H19Cl2N3O5S. The topological polar surface area (TPSA) is 98.7 Å². The maximum atomic E-state index is 13.2. The number of methoxy groups -OCH3 is 2. The van der Waals surface area contributed by atoms with Crippen LogP contribution >= 0.6 is 23.2 Å². The standard InChI is InChI=1S/C22H19Cl2N3O5S/c1-31-17-7-5-4-6-12(17)10-27-11-14-19(13-8-18(32-2)16(24)9-15(13)23)25-22(33(3,29)30)26-20(14)21(27)28/h4-9H,10-11H2,1-3H3. The predicted octanol–water partition coefficient (Wildman–Crippen LogP) is 4.03. The van der Waals surface area contributed by atoms with Crippen molar-refractivity contribution in [2.24, 2.45) is 0 Å². The Labute approximate surface area is 201 Å². The Morgan fingerprint density at radius 3 is 2.33 bits per heavy atom. The highest BCUT2D eigenvalue weighted by molar-refractivity contribution is 7.90. The zero-order valence-electron chi connectivity index (χ0n) is 17.9. The molecular weight excluding hydrogens is 489 g/mol. The lowest BCUT2D eigenvalue weighted by Crippen LogP contribution is -2.24. The number of hydrogen-bond donors (Lipinski definition) is 0. The van der Waals surface area contributed by atoms with Gasteiger partial charge in [-0.1, -0.05) is 41.4 Å². The maximum Gasteiger partial charge on any atom is 0.273 e. The molecule has 0 aliphatic carbocycles. The largest absolute Gasteiger partial charge is 0.496 e. The fourth-order valence-electron chi connectivity index (χ4n) is 3.63. The van der Waals surface area contributed by atoms with Crippen LogP contribution in [0.25, 0.3) is 11.3 Å². The number of para-hydroxylation sites is 1. The van der Waals surface area contributed by atoms with Gasteiger partial charge in [-0.3, -0.25) is 4.79 Å². The van der Waals surface area contributed by atoms with E-state index >= 15 is 0 Å². The third kappa shape index (κ3) is 4.36. The van der Waals surface area contributed by atoms with Gasteiger partial charge in [0.15, 0.2) is 0 Å². The van der Waals surface area contributed by atoms with Crippen molar-refractivity contribution < 1.29 is 22.7 Å². The number of halogens is 2. The summed E-state index contributed by atoms with van der Waals surface area (Å²) in [6, 6.07) is 10.4. The van der Waals surface area contributed by atoms with Crippen molar-refractivity contribution in [2.45, 2.75) is 18.2 Å². The summed E-state index contributed by atoms with van der Waals surface area (Å²) in [4.78, 5) is 23.2. The molecule has 0 saturated heterocycles. The Hall–Kier alpha value is -2.88. The lowest BCUT2D eigenvalue weighted by Gasteiger charge is -2.17. The summed E-state index contributed by atoms with van der Waals surface area (Å²) in [5, 5.41) is 0.0552. The van der Waals surface area contributed by atoms with Gasteiger partial charge >= 0.3 is 0 Å². The molecule has 172 valence electrons. The lowest BCUT2D eigenvalue weighted by molar-refractivity contribution is 0.0761. The monoisotopic (exact) mass is 507 g/mol. The third-order valence-electron chi connectivity index (χ3n) is 5.21. The van der Waals surface area contributed by atoms with Crippen LogP contribution in [-0.2, 0) is 22.9 Å². The van der Waals surface area contributed by atoms with Crippen LogP contribution in [0, 0.1) is 0 Å². The maximum absolute atomic E-state index is 13.2. The third-order valence-corrected chi connectivity index (χ3v) is 6.66. The average Bonchev–Trinajstić information content (AvgIpc) is 3.09. The first kappa shape index (κ1) is 23.3. The highest BCUT2D eigenvalue weighted by atomic mass is 35.5. The highest BCUT2D eigenvalue weighted by Gasteiger charge is 2.35. The minimum absolute atomic E-state index is 0.0142. The quantitative estimate of drug-likeness (QED) is 0.464. The summed E-state index contributed by atoms with van der Waals surface area (Å²) in [5.41, 5.74) is 1.89. The van der Waals surface area contributed by atoms with E-state index in [9.17, 15) is 13.2 Å². The highest BCUT2D eigenvalue weighted by Crippen LogP contribution is 2.40. The fraction of sp³-hybridized carbons (Fsp3) is 0.227. The lowest BCUT2D eigenvalue weighted by atomic mass is 10.1. The summed E-state index contributed by atoms with van der Waals surface area (Å²) >= 11 is 12.6. The van der Waals surface area contributed by atoms with E-state index in [2.05, 4.69) is 9.97 Å². The number of carbonyl (C=O) groups excluding carboxylic acids is 1. The summed E-state index contributed by atoms with van der Waals surface area (Å²) < 4.78 is 35.3. The van der Waals surface area contributed by atoms with Crippen LogP contribution in [0.15, 0.2) is 41.6 Å². The molecule has 0 spiro atoms. The second kappa shape index (κ2) is 8.81. The summed E-state index contributed by atoms with van der Waals surface area (Å²) in [6.45, 7) is 0.400. The molecule has 0 bridgehead atoms. The van der Waals surface area contributed by atoms with Crippen molar-refractivity contribution in [1.29, 1.82) is 0 Å². The van der Waals surface area contributed by atoms with Crippen LogP contribution < -0.4 is 9.47 Å². The van der Waals surface area contributed by atoms with Gasteiger partial charge in [0.05, 0.1) is 43.0 Å². The van der Waals surface area contributed by atoms with E-state index in [1.165, 1.54) is 13.2 Å². The minimum Gasteiger partial charge on any atom is -0.496 e. The summed E-state index contributed by atoms with van der Waals surface area (Å²) in [6.07, 6.45) is 0.981. The number of fused-ring (bicyclic) bond motifs is 1. The molecule has 3 aromatic rings. The van der Waals surface area contributed by atoms with Gasteiger partial charge < -0.3 is 14.4 Å². The molecule has 33 heavy (non-hydrogen) atoms. The molecule has 0 saturated carbocycles. The first-order valence-corrected chi connectivity index (χ1v) is 12.3. The number of rotatable bonds is 6. The molecule has 4 rings (SSSR count). The van der Waals surface area contributed by atoms with E-state index in [0.717, 1.165) is 11.8 Å². The van der Waals surface area contributed by atoms with Crippen LogP contribution in [0.3, 0.4) is 0 Å². The molecule has 2 heterocycles. The van der Waals surface area contributed by atoms with Crippen LogP contribution in [0.2, 0.25) is 10.0 Å². The zero-order valence-corrected chi connectivity index (χ0v) is 20.3. The number of nitrogens with zero attached hydrogens (tertiary/aromatic N) is 3. The normalized spacial score (nSPS) is 13.2. The van der Waals surface area contributed by atoms with Crippen LogP contribution in [-0.4, -0.2) is 49.7 Å². The van der Waals surface area contributed by atoms with E-state index in [1.54, 1.807) is 24.1 Å². The van der Waals surface area contributed by atoms with Crippen molar-refractivity contribution in [3.05, 3.63) is 63.3 Å². The van der Waals surface area contributed by atoms with E-state index < -0.39 is 20.9 Å². The molecule has 1 aliphatic rings. The van der Waals surface area contributed by atoms with E-state index in [0.29, 0.717) is 22.6 Å². The van der Waals surface area contributed by atoms with E-state index in [4.69, 9.17) is 32.7 Å². The Balaban J connectivity index is 1.87. The molecule has 1 amide bonds. The van der Waals surface area contributed by atoms with Gasteiger partial charge in [0.2, 0.25) is 15.0 Å². The van der Waals surface area contributed by atoms with Gasteiger partial charge in [-0.05, 0) is 18.2 Å². The molecule has 1 aromatic heterocycles. The van der Waals surface area contributed by atoms with Gasteiger partial charge in [-0.15, -0.1) is 0 Å². The number of ether oxygens (including phenoxy) is 2. The number of amides is 1. The Kier molecular flexibility index (Phi) is 6.22. The average molecular weight is 508 g/mol. The van der Waals surface area contributed by atoms with Gasteiger partial charge in [-0.25, -0.2) is 18.4 Å². The number of hydrogen-bond acceptors (Lipinski definition) is 7. The van der Waals surface area contributed by atoms with Gasteiger partial charge in [0, 0.05) is 22.9 Å². The van der Waals surface area contributed by atoms with Gasteiger partial charge in [-0.2, -0.15) is 0 Å². The molecule has 0 N–H and O–H groups in total. The second-order valence-electron chi connectivity index (χ2n) is 7.39. The zero-order chi connectivity index (χ0) is 23.9. The Morgan fingerprint density at radius 2 is 1.67 bits per heavy atom. The van der Waals surface area contributed by atoms with Crippen molar-refractivity contribution in [3.63, 3.8) is 0 Å². The predicted molar refractivity (Wildman–Crippen MR) is 124 cm³/mol. The van der Waals surface area contributed by atoms with Crippen molar-refractivity contribution in [3.8, 4) is 22.8 Å². The van der Waals surface area contributed by atoms with Crippen LogP contribution in [0.1, 0.15) is 21.6 Å². The molecule has 0 fully saturated rings. The van der Waals surface area contributed by atoms with Crippen molar-refractivity contribution >= 4 is 38.9 Å². The molecule has 2 aromatic carbocycles. The van der Waals surface area contributed by atoms with Crippen molar-refractivity contribution in [1.82, 2.24) is 14.9 Å². The number of sulfone groups is 1. The Morgan fingerprint density at radius 1 is 1.00 bits per heavy atom. The number of benzene rings is 2. The fourth-order valence-corrected chi connectivity index (χ4v) is 4.69. The van der Waals surface area contributed by atoms with E-state index in [1.807, 2.05) is 18.2 Å². The Bertz CT molecular complexity index is 1380. The van der Waals surface area contributed by atoms with Gasteiger partial charge in [0.1, 0.15) is 17.2 Å². The molecule has 0 atom stereocenters. The summed E-state index contributed by atoms with van der Waals surface area (Å²) in [5.74, 6) is 0.552. The van der Waals surface area contributed by atoms with Crippen LogP contribution in [0.4, 0.5) is 0 Å².